The predicted molar refractivity (Wildman–Crippen MR) is 42.0 cm³/mol. The van der Waals surface area contributed by atoms with Crippen molar-refractivity contribution < 1.29 is 22.8 Å². The summed E-state index contributed by atoms with van der Waals surface area (Å²) in [6, 6.07) is 0. The highest BCUT2D eigenvalue weighted by Crippen LogP contribution is 1.89. The highest BCUT2D eigenvalue weighted by Gasteiger charge is 2.14. The molecule has 6 heteroatoms. The molecule has 0 amide bonds. The van der Waals surface area contributed by atoms with Gasteiger partial charge in [0.1, 0.15) is 0 Å². The number of esters is 1. The van der Waals surface area contributed by atoms with Crippen LogP contribution in [0.2, 0.25) is 0 Å². The molecule has 0 aliphatic carbocycles. The quantitative estimate of drug-likeness (QED) is 0.255. The summed E-state index contributed by atoms with van der Waals surface area (Å²) in [6.07, 6.45) is 1.05. The Hall–Kier alpha value is -0.693. The lowest BCUT2D eigenvalue weighted by Gasteiger charge is -2.08. The summed E-state index contributed by atoms with van der Waals surface area (Å²) >= 11 is 0. The molecule has 0 fully saturated rings. The fourth-order valence-corrected chi connectivity index (χ4v) is 0.953. The SMILES string of the molecule is C=CC(=O)OCO[Si](OC)OC. The third kappa shape index (κ3) is 5.02. The molecule has 0 saturated carbocycles. The molecule has 0 heterocycles. The zero-order chi connectivity index (χ0) is 9.40. The van der Waals surface area contributed by atoms with Gasteiger partial charge in [-0.2, -0.15) is 0 Å². The van der Waals surface area contributed by atoms with Gasteiger partial charge in [-0.3, -0.25) is 0 Å². The molecule has 0 aliphatic heterocycles. The average Bonchev–Trinajstić information content (AvgIpc) is 2.12. The zero-order valence-corrected chi connectivity index (χ0v) is 8.03. The molecule has 0 aromatic rings. The van der Waals surface area contributed by atoms with Crippen molar-refractivity contribution in [2.24, 2.45) is 0 Å². The van der Waals surface area contributed by atoms with Gasteiger partial charge in [0.15, 0.2) is 6.79 Å². The van der Waals surface area contributed by atoms with Gasteiger partial charge in [0.05, 0.1) is 0 Å². The highest BCUT2D eigenvalue weighted by molar-refractivity contribution is 6.36. The molecule has 0 N–H and O–H groups in total. The van der Waals surface area contributed by atoms with E-state index in [9.17, 15) is 4.79 Å². The summed E-state index contributed by atoms with van der Waals surface area (Å²) < 4.78 is 18.9. The van der Waals surface area contributed by atoms with E-state index >= 15 is 0 Å². The number of carbonyl (C=O) groups is 1. The van der Waals surface area contributed by atoms with Gasteiger partial charge >= 0.3 is 15.5 Å². The predicted octanol–water partition coefficient (Wildman–Crippen LogP) is -0.0326. The van der Waals surface area contributed by atoms with Crippen LogP contribution in [0.1, 0.15) is 0 Å². The molecular formula is C6H11O5Si. The van der Waals surface area contributed by atoms with Gasteiger partial charge in [0.2, 0.25) is 0 Å². The standard InChI is InChI=1S/C6H11O5Si/c1-4-6(7)10-5-11-12(8-2)9-3/h4H,1,5H2,2-3H3. The molecule has 69 valence electrons. The monoisotopic (exact) mass is 191 g/mol. The molecule has 0 atom stereocenters. The Bertz CT molecular complexity index is 145. The minimum Gasteiger partial charge on any atom is -0.436 e. The lowest BCUT2D eigenvalue weighted by Crippen LogP contribution is -2.25. The first-order valence-corrected chi connectivity index (χ1v) is 4.34. The fourth-order valence-electron chi connectivity index (χ4n) is 0.396. The number of rotatable bonds is 6. The maximum atomic E-state index is 10.5. The van der Waals surface area contributed by atoms with E-state index in [1.807, 2.05) is 0 Å². The summed E-state index contributed by atoms with van der Waals surface area (Å²) in [5.41, 5.74) is 0. The van der Waals surface area contributed by atoms with E-state index in [1.54, 1.807) is 0 Å². The van der Waals surface area contributed by atoms with Crippen LogP contribution in [0.5, 0.6) is 0 Å². The minimum atomic E-state index is -1.74. The number of hydrogen-bond acceptors (Lipinski definition) is 5. The Morgan fingerprint density at radius 2 is 2.08 bits per heavy atom. The maximum Gasteiger partial charge on any atom is 0.579 e. The fraction of sp³-hybridized carbons (Fsp3) is 0.500. The summed E-state index contributed by atoms with van der Waals surface area (Å²) in [5, 5.41) is 0. The molecule has 0 aromatic heterocycles. The van der Waals surface area contributed by atoms with Crippen LogP contribution in [-0.2, 0) is 22.8 Å². The Kier molecular flexibility index (Phi) is 6.58. The third-order valence-corrected chi connectivity index (χ3v) is 1.90. The molecule has 0 saturated heterocycles. The first-order valence-electron chi connectivity index (χ1n) is 3.11. The van der Waals surface area contributed by atoms with E-state index in [1.165, 1.54) is 14.2 Å². The Balaban J connectivity index is 3.40. The molecule has 0 rings (SSSR count). The lowest BCUT2D eigenvalue weighted by molar-refractivity contribution is -0.145. The van der Waals surface area contributed by atoms with Crippen LogP contribution in [0.25, 0.3) is 0 Å². The second kappa shape index (κ2) is 6.98. The van der Waals surface area contributed by atoms with Crippen LogP contribution in [0.3, 0.4) is 0 Å². The van der Waals surface area contributed by atoms with Crippen LogP contribution in [0, 0.1) is 0 Å². The van der Waals surface area contributed by atoms with Crippen LogP contribution in [0.4, 0.5) is 0 Å². The first-order chi connectivity index (χ1) is 5.74. The molecule has 5 nitrogen and oxygen atoms in total. The van der Waals surface area contributed by atoms with Gasteiger partial charge in [0, 0.05) is 20.3 Å². The molecule has 0 aromatic carbocycles. The molecule has 0 aliphatic rings. The second-order valence-corrected chi connectivity index (χ2v) is 3.19. The first kappa shape index (κ1) is 11.3. The normalized spacial score (nSPS) is 9.92. The lowest BCUT2D eigenvalue weighted by atomic mass is 10.7. The van der Waals surface area contributed by atoms with E-state index in [-0.39, 0.29) is 6.79 Å². The van der Waals surface area contributed by atoms with Crippen molar-refractivity contribution in [2.45, 2.75) is 0 Å². The largest absolute Gasteiger partial charge is 0.579 e. The van der Waals surface area contributed by atoms with Gasteiger partial charge in [-0.25, -0.2) is 4.79 Å². The number of ether oxygens (including phenoxy) is 1. The zero-order valence-electron chi connectivity index (χ0n) is 7.03. The number of hydrogen-bond donors (Lipinski definition) is 0. The molecular weight excluding hydrogens is 180 g/mol. The topological polar surface area (TPSA) is 54.0 Å². The molecule has 1 radical (unpaired) electrons. The van der Waals surface area contributed by atoms with E-state index in [0.717, 1.165) is 6.08 Å². The van der Waals surface area contributed by atoms with E-state index in [2.05, 4.69) is 11.3 Å². The van der Waals surface area contributed by atoms with Crippen LogP contribution in [0.15, 0.2) is 12.7 Å². The minimum absolute atomic E-state index is 0.180. The van der Waals surface area contributed by atoms with Gasteiger partial charge in [0.25, 0.3) is 0 Å². The van der Waals surface area contributed by atoms with Crippen molar-refractivity contribution in [1.82, 2.24) is 0 Å². The summed E-state index contributed by atoms with van der Waals surface area (Å²) in [4.78, 5) is 10.5. The van der Waals surface area contributed by atoms with E-state index < -0.39 is 15.5 Å². The Morgan fingerprint density at radius 1 is 1.50 bits per heavy atom. The molecule has 0 spiro atoms. The van der Waals surface area contributed by atoms with E-state index in [0.29, 0.717) is 0 Å². The van der Waals surface area contributed by atoms with Crippen molar-refractivity contribution in [3.05, 3.63) is 12.7 Å². The van der Waals surface area contributed by atoms with Gasteiger partial charge in [-0.15, -0.1) is 0 Å². The number of carbonyl (C=O) groups excluding carboxylic acids is 1. The van der Waals surface area contributed by atoms with Crippen LogP contribution < -0.4 is 0 Å². The summed E-state index contributed by atoms with van der Waals surface area (Å²) in [6.45, 7) is 3.03. The van der Waals surface area contributed by atoms with Crippen molar-refractivity contribution in [3.8, 4) is 0 Å². The smallest absolute Gasteiger partial charge is 0.436 e. The third-order valence-electron chi connectivity index (χ3n) is 0.878. The Labute approximate surface area is 72.8 Å². The van der Waals surface area contributed by atoms with Crippen LogP contribution >= 0.6 is 0 Å². The highest BCUT2D eigenvalue weighted by atomic mass is 28.3. The van der Waals surface area contributed by atoms with Crippen LogP contribution in [-0.4, -0.2) is 36.5 Å². The second-order valence-electron chi connectivity index (χ2n) is 1.59. The average molecular weight is 191 g/mol. The molecule has 0 bridgehead atoms. The van der Waals surface area contributed by atoms with Gasteiger partial charge < -0.3 is 18.0 Å². The summed E-state index contributed by atoms with van der Waals surface area (Å²) in [5.74, 6) is -0.538. The maximum absolute atomic E-state index is 10.5. The van der Waals surface area contributed by atoms with E-state index in [4.69, 9.17) is 13.3 Å². The van der Waals surface area contributed by atoms with Gasteiger partial charge in [-0.1, -0.05) is 6.58 Å². The van der Waals surface area contributed by atoms with Crippen molar-refractivity contribution in [2.75, 3.05) is 21.0 Å². The molecule has 12 heavy (non-hydrogen) atoms. The van der Waals surface area contributed by atoms with Crippen molar-refractivity contribution >= 4 is 15.5 Å². The van der Waals surface area contributed by atoms with Crippen molar-refractivity contribution in [1.29, 1.82) is 0 Å². The van der Waals surface area contributed by atoms with Gasteiger partial charge in [-0.05, 0) is 0 Å². The Morgan fingerprint density at radius 3 is 2.50 bits per heavy atom. The van der Waals surface area contributed by atoms with Crippen molar-refractivity contribution in [3.63, 3.8) is 0 Å². The summed E-state index contributed by atoms with van der Waals surface area (Å²) in [7, 11) is 1.16. The molecule has 0 unspecified atom stereocenters.